The van der Waals surface area contributed by atoms with Crippen LogP contribution < -0.4 is 10.1 Å². The molecule has 3 rings (SSSR count). The molecule has 0 radical (unpaired) electrons. The number of para-hydroxylation sites is 1. The van der Waals surface area contributed by atoms with Crippen molar-refractivity contribution in [2.45, 2.75) is 37.6 Å². The Bertz CT molecular complexity index is 547. The molecule has 21 heavy (non-hydrogen) atoms. The van der Waals surface area contributed by atoms with E-state index in [1.54, 1.807) is 7.11 Å². The summed E-state index contributed by atoms with van der Waals surface area (Å²) < 4.78 is 5.45. The highest BCUT2D eigenvalue weighted by atomic mass is 16.5. The molecule has 4 heteroatoms. The zero-order valence-electron chi connectivity index (χ0n) is 12.5. The van der Waals surface area contributed by atoms with Gasteiger partial charge in [-0.05, 0) is 43.4 Å². The zero-order chi connectivity index (χ0) is 14.5. The van der Waals surface area contributed by atoms with Crippen molar-refractivity contribution in [3.63, 3.8) is 0 Å². The number of nitrogens with zero attached hydrogens (tertiary/aromatic N) is 1. The van der Waals surface area contributed by atoms with Gasteiger partial charge in [-0.1, -0.05) is 18.2 Å². The summed E-state index contributed by atoms with van der Waals surface area (Å²) in [5.41, 5.74) is 1.36. The lowest BCUT2D eigenvalue weighted by Gasteiger charge is -2.37. The fraction of sp³-hybridized carbons (Fsp3) is 0.471. The van der Waals surface area contributed by atoms with Crippen LogP contribution >= 0.6 is 0 Å². The van der Waals surface area contributed by atoms with E-state index >= 15 is 0 Å². The monoisotopic (exact) mass is 285 g/mol. The molecular weight excluding hydrogens is 262 g/mol. The second-order valence-electron chi connectivity index (χ2n) is 5.70. The molecule has 1 fully saturated rings. The molecule has 0 amide bonds. The molecule has 0 unspecified atom stereocenters. The second kappa shape index (κ2) is 6.76. The second-order valence-corrected chi connectivity index (χ2v) is 5.70. The van der Waals surface area contributed by atoms with Crippen LogP contribution in [-0.2, 0) is 6.42 Å². The minimum absolute atomic E-state index is 0.642. The van der Waals surface area contributed by atoms with Crippen LogP contribution in [0.25, 0.3) is 0 Å². The third-order valence-electron chi connectivity index (χ3n) is 4.30. The van der Waals surface area contributed by atoms with Crippen LogP contribution in [0.3, 0.4) is 0 Å². The Morgan fingerprint density at radius 2 is 2.19 bits per heavy atom. The maximum atomic E-state index is 5.45. The van der Waals surface area contributed by atoms with E-state index in [4.69, 9.17) is 4.74 Å². The van der Waals surface area contributed by atoms with Crippen molar-refractivity contribution in [3.05, 3.63) is 48.0 Å². The normalized spacial score (nSPS) is 21.0. The summed E-state index contributed by atoms with van der Waals surface area (Å²) in [6.07, 6.45) is 8.26. The molecule has 2 aromatic rings. The van der Waals surface area contributed by atoms with Gasteiger partial charge < -0.3 is 15.0 Å². The Kier molecular flexibility index (Phi) is 4.55. The average molecular weight is 285 g/mol. The molecule has 1 aliphatic carbocycles. The highest BCUT2D eigenvalue weighted by molar-refractivity contribution is 5.37. The average Bonchev–Trinajstić information content (AvgIpc) is 2.98. The van der Waals surface area contributed by atoms with Crippen molar-refractivity contribution in [2.24, 2.45) is 0 Å². The summed E-state index contributed by atoms with van der Waals surface area (Å²) in [6, 6.07) is 9.03. The van der Waals surface area contributed by atoms with Gasteiger partial charge in [0.05, 0.1) is 7.11 Å². The summed E-state index contributed by atoms with van der Waals surface area (Å²) in [6.45, 7) is 1.06. The molecule has 1 aromatic heterocycles. The van der Waals surface area contributed by atoms with Crippen LogP contribution in [0, 0.1) is 0 Å². The van der Waals surface area contributed by atoms with E-state index in [0.29, 0.717) is 12.0 Å². The Balaban J connectivity index is 1.38. The maximum Gasteiger partial charge on any atom is 0.122 e. The van der Waals surface area contributed by atoms with E-state index in [0.717, 1.165) is 31.0 Å². The third kappa shape index (κ3) is 3.45. The standard InChI is InChI=1S/C17H23N3O/c1-21-16-6-3-2-5-15(16)13-11-14(12-13)18-8-4-7-17-19-9-10-20-17/h2-3,5-6,9-10,13-14,18H,4,7-8,11-12H2,1H3,(H,19,20). The largest absolute Gasteiger partial charge is 0.496 e. The SMILES string of the molecule is COc1ccccc1C1CC(NCCCc2ncc[nH]2)C1. The lowest BCUT2D eigenvalue weighted by atomic mass is 9.75. The fourth-order valence-corrected chi connectivity index (χ4v) is 3.04. The number of nitrogens with one attached hydrogen (secondary N) is 2. The van der Waals surface area contributed by atoms with Crippen LogP contribution in [-0.4, -0.2) is 29.7 Å². The molecule has 0 bridgehead atoms. The molecule has 112 valence electrons. The topological polar surface area (TPSA) is 49.9 Å². The van der Waals surface area contributed by atoms with Crippen molar-refractivity contribution in [1.82, 2.24) is 15.3 Å². The number of aryl methyl sites for hydroxylation is 1. The van der Waals surface area contributed by atoms with Gasteiger partial charge in [-0.2, -0.15) is 0 Å². The van der Waals surface area contributed by atoms with Gasteiger partial charge in [0, 0.05) is 24.9 Å². The number of aromatic nitrogens is 2. The summed E-state index contributed by atoms with van der Waals surface area (Å²) in [5.74, 6) is 2.75. The fourth-order valence-electron chi connectivity index (χ4n) is 3.04. The van der Waals surface area contributed by atoms with E-state index in [1.807, 2.05) is 18.5 Å². The van der Waals surface area contributed by atoms with Crippen LogP contribution in [0.5, 0.6) is 5.75 Å². The Morgan fingerprint density at radius 1 is 1.33 bits per heavy atom. The Hall–Kier alpha value is -1.81. The number of benzene rings is 1. The Labute approximate surface area is 125 Å². The lowest BCUT2D eigenvalue weighted by Crippen LogP contribution is -2.40. The van der Waals surface area contributed by atoms with Gasteiger partial charge in [-0.25, -0.2) is 4.98 Å². The number of imidazole rings is 1. The van der Waals surface area contributed by atoms with Gasteiger partial charge in [-0.15, -0.1) is 0 Å². The highest BCUT2D eigenvalue weighted by Crippen LogP contribution is 2.40. The first kappa shape index (κ1) is 14.1. The number of aromatic amines is 1. The number of hydrogen-bond acceptors (Lipinski definition) is 3. The zero-order valence-corrected chi connectivity index (χ0v) is 12.5. The van der Waals surface area contributed by atoms with Crippen LogP contribution in [0.1, 0.15) is 36.6 Å². The molecule has 1 heterocycles. The van der Waals surface area contributed by atoms with E-state index in [2.05, 4.69) is 33.5 Å². The molecule has 1 aliphatic rings. The van der Waals surface area contributed by atoms with Crippen molar-refractivity contribution in [1.29, 1.82) is 0 Å². The third-order valence-corrected chi connectivity index (χ3v) is 4.30. The van der Waals surface area contributed by atoms with E-state index in [9.17, 15) is 0 Å². The van der Waals surface area contributed by atoms with Crippen molar-refractivity contribution < 1.29 is 4.74 Å². The smallest absolute Gasteiger partial charge is 0.122 e. The lowest BCUT2D eigenvalue weighted by molar-refractivity contribution is 0.283. The van der Waals surface area contributed by atoms with Crippen molar-refractivity contribution >= 4 is 0 Å². The van der Waals surface area contributed by atoms with Gasteiger partial charge in [-0.3, -0.25) is 0 Å². The predicted molar refractivity (Wildman–Crippen MR) is 83.7 cm³/mol. The molecule has 0 spiro atoms. The van der Waals surface area contributed by atoms with Crippen molar-refractivity contribution in [3.8, 4) is 5.75 Å². The maximum absolute atomic E-state index is 5.45. The minimum atomic E-state index is 0.642. The number of rotatable bonds is 7. The van der Waals surface area contributed by atoms with Crippen molar-refractivity contribution in [2.75, 3.05) is 13.7 Å². The molecule has 1 saturated carbocycles. The first-order valence-corrected chi connectivity index (χ1v) is 7.71. The van der Waals surface area contributed by atoms with E-state index in [-0.39, 0.29) is 0 Å². The molecule has 0 atom stereocenters. The number of H-pyrrole nitrogens is 1. The van der Waals surface area contributed by atoms with Gasteiger partial charge in [0.1, 0.15) is 11.6 Å². The molecule has 0 saturated heterocycles. The summed E-state index contributed by atoms with van der Waals surface area (Å²) in [4.78, 5) is 7.38. The van der Waals surface area contributed by atoms with Crippen LogP contribution in [0.2, 0.25) is 0 Å². The highest BCUT2D eigenvalue weighted by Gasteiger charge is 2.31. The summed E-state index contributed by atoms with van der Waals surface area (Å²) in [5, 5.41) is 3.64. The van der Waals surface area contributed by atoms with Gasteiger partial charge in [0.15, 0.2) is 0 Å². The minimum Gasteiger partial charge on any atom is -0.496 e. The van der Waals surface area contributed by atoms with Gasteiger partial charge >= 0.3 is 0 Å². The Morgan fingerprint density at radius 3 is 2.95 bits per heavy atom. The predicted octanol–water partition coefficient (Wildman–Crippen LogP) is 2.89. The number of ether oxygens (including phenoxy) is 1. The van der Waals surface area contributed by atoms with Crippen LogP contribution in [0.15, 0.2) is 36.7 Å². The van der Waals surface area contributed by atoms with E-state index < -0.39 is 0 Å². The number of methoxy groups -OCH3 is 1. The quantitative estimate of drug-likeness (QED) is 0.769. The molecule has 2 N–H and O–H groups in total. The summed E-state index contributed by atoms with van der Waals surface area (Å²) >= 11 is 0. The first-order valence-electron chi connectivity index (χ1n) is 7.71. The van der Waals surface area contributed by atoms with Crippen LogP contribution in [0.4, 0.5) is 0 Å². The molecule has 4 nitrogen and oxygen atoms in total. The first-order chi connectivity index (χ1) is 10.4. The van der Waals surface area contributed by atoms with E-state index in [1.165, 1.54) is 18.4 Å². The van der Waals surface area contributed by atoms with Gasteiger partial charge in [0.25, 0.3) is 0 Å². The van der Waals surface area contributed by atoms with Gasteiger partial charge in [0.2, 0.25) is 0 Å². The molecule has 0 aliphatic heterocycles. The number of hydrogen-bond donors (Lipinski definition) is 2. The molecular formula is C17H23N3O. The molecule has 1 aromatic carbocycles. The summed E-state index contributed by atoms with van der Waals surface area (Å²) in [7, 11) is 1.75.